The fourth-order valence-electron chi connectivity index (χ4n) is 10.2. The highest BCUT2D eigenvalue weighted by Gasteiger charge is 2.44. The van der Waals surface area contributed by atoms with Crippen molar-refractivity contribution in [3.8, 4) is 103 Å². The summed E-state index contributed by atoms with van der Waals surface area (Å²) in [6.45, 7) is 0. The quantitative estimate of drug-likeness (QED) is 0.0439. The summed E-state index contributed by atoms with van der Waals surface area (Å²) in [5.74, 6) is 1.89. The van der Waals surface area contributed by atoms with Gasteiger partial charge in [-0.3, -0.25) is 0 Å². The molecule has 83 heavy (non-hydrogen) atoms. The Bertz CT molecular complexity index is 3160. The Labute approximate surface area is 481 Å². The van der Waals surface area contributed by atoms with Crippen LogP contribution in [0.2, 0.25) is 0 Å². The molecule has 4 atom stereocenters. The van der Waals surface area contributed by atoms with E-state index in [0.29, 0.717) is 45.1 Å². The van der Waals surface area contributed by atoms with Crippen LogP contribution in [0.3, 0.4) is 0 Å². The lowest BCUT2D eigenvalue weighted by Gasteiger charge is -2.38. The van der Waals surface area contributed by atoms with Crippen LogP contribution in [-0.4, -0.2) is 145 Å². The van der Waals surface area contributed by atoms with Crippen LogP contribution >= 0.6 is 0 Å². The zero-order valence-corrected chi connectivity index (χ0v) is 49.6. The molecule has 6 aromatic carbocycles. The summed E-state index contributed by atoms with van der Waals surface area (Å²) in [6, 6.07) is 17.8. The van der Waals surface area contributed by atoms with Gasteiger partial charge in [-0.15, -0.1) is 0 Å². The van der Waals surface area contributed by atoms with E-state index >= 15 is 4.79 Å². The second kappa shape index (κ2) is 27.4. The lowest BCUT2D eigenvalue weighted by molar-refractivity contribution is -0.0197. The summed E-state index contributed by atoms with van der Waals surface area (Å²) in [5, 5.41) is 0. The molecule has 1 aliphatic rings. The third-order valence-electron chi connectivity index (χ3n) is 14.1. The van der Waals surface area contributed by atoms with Gasteiger partial charge in [0.2, 0.25) is 23.0 Å². The van der Waals surface area contributed by atoms with Crippen molar-refractivity contribution in [1.82, 2.24) is 0 Å². The van der Waals surface area contributed by atoms with Gasteiger partial charge in [0.15, 0.2) is 52.1 Å². The van der Waals surface area contributed by atoms with E-state index in [2.05, 4.69) is 0 Å². The molecule has 0 fully saturated rings. The first-order valence-corrected chi connectivity index (χ1v) is 25.5. The smallest absolute Gasteiger partial charge is 0.338 e. The number of hydrogen-bond acceptors (Lipinski definition) is 22. The van der Waals surface area contributed by atoms with Crippen molar-refractivity contribution < 1.29 is 104 Å². The van der Waals surface area contributed by atoms with Crippen molar-refractivity contribution in [3.05, 3.63) is 106 Å². The van der Waals surface area contributed by atoms with Crippen LogP contribution in [0.4, 0.5) is 0 Å². The fourth-order valence-corrected chi connectivity index (χ4v) is 10.2. The number of fused-ring (bicyclic) bond motifs is 1. The molecule has 0 unspecified atom stereocenters. The molecule has 0 aliphatic carbocycles. The number of carbonyl (C=O) groups excluding carboxylic acids is 2. The van der Waals surface area contributed by atoms with E-state index < -0.39 is 36.2 Å². The molecular formula is C61H70O22. The molecule has 22 nitrogen and oxygen atoms in total. The van der Waals surface area contributed by atoms with Gasteiger partial charge in [0, 0.05) is 53.3 Å². The summed E-state index contributed by atoms with van der Waals surface area (Å²) < 4.78 is 120. The van der Waals surface area contributed by atoms with Crippen LogP contribution in [0.1, 0.15) is 60.6 Å². The molecule has 22 heteroatoms. The van der Waals surface area contributed by atoms with Gasteiger partial charge in [0.1, 0.15) is 46.7 Å². The number of hydrogen-bond donors (Lipinski definition) is 0. The third kappa shape index (κ3) is 12.2. The first kappa shape index (κ1) is 61.3. The normalized spacial score (nSPS) is 13.9. The predicted molar refractivity (Wildman–Crippen MR) is 301 cm³/mol. The minimum absolute atomic E-state index is 0.0287. The Morgan fingerprint density at radius 3 is 1.19 bits per heavy atom. The molecule has 0 bridgehead atoms. The standard InChI is InChI=1S/C61H70O22/c1-64-35-26-38(65-2)36(39(27-35)66-3)28-42(81-60(62)33-22-47(73-10)58(79-16)48(23-33)74-11)52(31-18-43(69-6)56(77-14)44(19-31)70-7)53-41(68-5)30-40(67-4)37-29-51(82-61(63)34-24-49(75-12)59(80-17)50(25-34)76-13)54(83-55(37)53)32-20-45(71-8)57(78-15)46(21-32)72-9/h18-27,30,42,51-52,54H,28-29H2,1-17H3/t42-,51-,52-,54-/m1/s1. The summed E-state index contributed by atoms with van der Waals surface area (Å²) in [6.07, 6.45) is -3.85. The molecular weight excluding hydrogens is 1080 g/mol. The van der Waals surface area contributed by atoms with Crippen molar-refractivity contribution >= 4 is 11.9 Å². The summed E-state index contributed by atoms with van der Waals surface area (Å²) >= 11 is 0. The van der Waals surface area contributed by atoms with Gasteiger partial charge in [-0.05, 0) is 54.1 Å². The van der Waals surface area contributed by atoms with E-state index in [-0.39, 0.29) is 110 Å². The minimum atomic E-state index is -1.31. The molecule has 0 N–H and O–H groups in total. The second-order valence-corrected chi connectivity index (χ2v) is 18.1. The van der Waals surface area contributed by atoms with Crippen molar-refractivity contribution in [1.29, 1.82) is 0 Å². The van der Waals surface area contributed by atoms with E-state index in [4.69, 9.17) is 94.7 Å². The van der Waals surface area contributed by atoms with E-state index in [9.17, 15) is 4.79 Å². The molecule has 0 spiro atoms. The van der Waals surface area contributed by atoms with Gasteiger partial charge in [-0.2, -0.15) is 0 Å². The average Bonchev–Trinajstić information content (AvgIpc) is 3.51. The summed E-state index contributed by atoms with van der Waals surface area (Å²) in [5.41, 5.74) is 2.15. The summed E-state index contributed by atoms with van der Waals surface area (Å²) in [4.78, 5) is 30.1. The molecule has 0 amide bonds. The Morgan fingerprint density at radius 2 is 0.807 bits per heavy atom. The van der Waals surface area contributed by atoms with Gasteiger partial charge >= 0.3 is 11.9 Å². The maximum absolute atomic E-state index is 15.3. The minimum Gasteiger partial charge on any atom is -0.496 e. The van der Waals surface area contributed by atoms with Crippen molar-refractivity contribution in [3.63, 3.8) is 0 Å². The first-order chi connectivity index (χ1) is 40.2. The largest absolute Gasteiger partial charge is 0.496 e. The molecule has 7 rings (SSSR count). The number of rotatable bonds is 27. The summed E-state index contributed by atoms with van der Waals surface area (Å²) in [7, 11) is 25.0. The lowest BCUT2D eigenvalue weighted by atomic mass is 9.80. The highest BCUT2D eigenvalue weighted by Crippen LogP contribution is 2.55. The van der Waals surface area contributed by atoms with Crippen LogP contribution in [0, 0.1) is 0 Å². The monoisotopic (exact) mass is 1150 g/mol. The molecule has 0 saturated heterocycles. The van der Waals surface area contributed by atoms with E-state index in [0.717, 1.165) is 0 Å². The van der Waals surface area contributed by atoms with Crippen molar-refractivity contribution in [2.75, 3.05) is 121 Å². The number of carbonyl (C=O) groups is 2. The maximum Gasteiger partial charge on any atom is 0.338 e. The molecule has 446 valence electrons. The van der Waals surface area contributed by atoms with Gasteiger partial charge < -0.3 is 94.7 Å². The number of benzene rings is 6. The van der Waals surface area contributed by atoms with Gasteiger partial charge in [0.25, 0.3) is 0 Å². The van der Waals surface area contributed by atoms with Crippen LogP contribution < -0.4 is 85.3 Å². The van der Waals surface area contributed by atoms with Crippen LogP contribution in [0.5, 0.6) is 103 Å². The van der Waals surface area contributed by atoms with Crippen LogP contribution in [-0.2, 0) is 22.3 Å². The average molecular weight is 1160 g/mol. The Hall–Kier alpha value is -9.34. The SMILES string of the molecule is COc1cc(OC)c(C[C@@H](OC(=O)c2cc(OC)c(OC)c(OC)c2)[C@@H](c2cc(OC)c(OC)c(OC)c2)c2c(OC)cc(OC)c3c2O[C@H](c2cc(OC)c(OC)c(OC)c2)[C@H](OC(=O)c2cc(OC)c(OC)c(OC)c2)C3)c(OC)c1. The number of methoxy groups -OCH3 is 17. The Morgan fingerprint density at radius 1 is 0.422 bits per heavy atom. The molecule has 0 saturated carbocycles. The van der Waals surface area contributed by atoms with Crippen molar-refractivity contribution in [2.24, 2.45) is 0 Å². The zero-order chi connectivity index (χ0) is 60.2. The molecule has 1 heterocycles. The highest BCUT2D eigenvalue weighted by molar-refractivity contribution is 5.92. The van der Waals surface area contributed by atoms with E-state index in [1.807, 2.05) is 0 Å². The predicted octanol–water partition coefficient (Wildman–Crippen LogP) is 9.33. The maximum atomic E-state index is 15.3. The zero-order valence-electron chi connectivity index (χ0n) is 49.6. The number of ether oxygens (including phenoxy) is 20. The number of esters is 2. The molecule has 6 aromatic rings. The second-order valence-electron chi connectivity index (χ2n) is 18.1. The van der Waals surface area contributed by atoms with Gasteiger partial charge in [-0.1, -0.05) is 0 Å². The fraction of sp³-hybridized carbons (Fsp3) is 0.377. The van der Waals surface area contributed by atoms with E-state index in [1.54, 1.807) is 42.5 Å². The first-order valence-electron chi connectivity index (χ1n) is 25.5. The molecule has 1 aliphatic heterocycles. The highest BCUT2D eigenvalue weighted by atomic mass is 16.6. The van der Waals surface area contributed by atoms with Crippen LogP contribution in [0.15, 0.2) is 66.7 Å². The van der Waals surface area contributed by atoms with Gasteiger partial charge in [-0.25, -0.2) is 9.59 Å². The van der Waals surface area contributed by atoms with Crippen LogP contribution in [0.25, 0.3) is 0 Å². The molecule has 0 radical (unpaired) electrons. The third-order valence-corrected chi connectivity index (χ3v) is 14.1. The molecule has 0 aromatic heterocycles. The van der Waals surface area contributed by atoms with Gasteiger partial charge in [0.05, 0.1) is 138 Å². The topological polar surface area (TPSA) is 219 Å². The Kier molecular flexibility index (Phi) is 20.2. The van der Waals surface area contributed by atoms with E-state index in [1.165, 1.54) is 145 Å². The van der Waals surface area contributed by atoms with Crippen molar-refractivity contribution in [2.45, 2.75) is 37.1 Å². The lowest BCUT2D eigenvalue weighted by Crippen LogP contribution is -2.36. The Balaban J connectivity index is 1.60.